The minimum Gasteiger partial charge on any atom is -0.492 e. The number of nitrogens with zero attached hydrogens (tertiary/aromatic N) is 3. The first kappa shape index (κ1) is 16.8. The quantitative estimate of drug-likeness (QED) is 0.675. The molecule has 130 valence electrons. The summed E-state index contributed by atoms with van der Waals surface area (Å²) in [6.07, 6.45) is 0. The summed E-state index contributed by atoms with van der Waals surface area (Å²) in [6, 6.07) is 11.2. The third-order valence-corrected chi connectivity index (χ3v) is 3.99. The second-order valence-corrected chi connectivity index (χ2v) is 5.75. The summed E-state index contributed by atoms with van der Waals surface area (Å²) in [5, 5.41) is 14.2. The number of aryl methyl sites for hydroxylation is 2. The Morgan fingerprint density at radius 1 is 1.28 bits per heavy atom. The van der Waals surface area contributed by atoms with Gasteiger partial charge in [-0.05, 0) is 32.0 Å². The van der Waals surface area contributed by atoms with Crippen LogP contribution in [0.15, 0.2) is 36.4 Å². The van der Waals surface area contributed by atoms with Gasteiger partial charge in [-0.25, -0.2) is 0 Å². The number of para-hydroxylation sites is 1. The predicted molar refractivity (Wildman–Crippen MR) is 94.5 cm³/mol. The SMILES string of the molecule is Cc1nn(C)c(C)c1-c1cc(C(=O)NCCOc2ccccc2)[nH]n1. The Morgan fingerprint density at radius 3 is 2.72 bits per heavy atom. The van der Waals surface area contributed by atoms with Crippen molar-refractivity contribution in [3.8, 4) is 17.0 Å². The van der Waals surface area contributed by atoms with Crippen molar-refractivity contribution in [2.75, 3.05) is 13.2 Å². The number of hydrogen-bond acceptors (Lipinski definition) is 4. The first-order valence-corrected chi connectivity index (χ1v) is 8.08. The smallest absolute Gasteiger partial charge is 0.269 e. The van der Waals surface area contributed by atoms with Crippen molar-refractivity contribution in [3.63, 3.8) is 0 Å². The zero-order chi connectivity index (χ0) is 17.8. The molecule has 0 atom stereocenters. The molecule has 7 nitrogen and oxygen atoms in total. The van der Waals surface area contributed by atoms with E-state index in [1.165, 1.54) is 0 Å². The number of hydrogen-bond donors (Lipinski definition) is 2. The van der Waals surface area contributed by atoms with E-state index in [2.05, 4.69) is 20.6 Å². The fourth-order valence-electron chi connectivity index (χ4n) is 2.66. The van der Waals surface area contributed by atoms with Gasteiger partial charge in [-0.2, -0.15) is 10.2 Å². The molecule has 7 heteroatoms. The molecule has 2 heterocycles. The molecule has 2 aromatic heterocycles. The number of aromatic nitrogens is 4. The van der Waals surface area contributed by atoms with Crippen LogP contribution in [-0.4, -0.2) is 39.0 Å². The lowest BCUT2D eigenvalue weighted by molar-refractivity contribution is 0.0942. The van der Waals surface area contributed by atoms with E-state index in [0.29, 0.717) is 24.5 Å². The monoisotopic (exact) mass is 339 g/mol. The lowest BCUT2D eigenvalue weighted by atomic mass is 10.1. The maximum absolute atomic E-state index is 12.2. The lowest BCUT2D eigenvalue weighted by Crippen LogP contribution is -2.28. The number of carbonyl (C=O) groups excluding carboxylic acids is 1. The fraction of sp³-hybridized carbons (Fsp3) is 0.278. The molecule has 0 spiro atoms. The standard InChI is InChI=1S/C18H21N5O2/c1-12-17(13(2)23(3)22-12)15-11-16(21-20-15)18(24)19-9-10-25-14-7-5-4-6-8-14/h4-8,11H,9-10H2,1-3H3,(H,19,24)(H,20,21). The van der Waals surface area contributed by atoms with Crippen LogP contribution >= 0.6 is 0 Å². The van der Waals surface area contributed by atoms with Gasteiger partial charge in [0.2, 0.25) is 0 Å². The fourth-order valence-corrected chi connectivity index (χ4v) is 2.66. The molecule has 0 radical (unpaired) electrons. The number of amides is 1. The molecule has 0 aliphatic carbocycles. The number of benzene rings is 1. The maximum atomic E-state index is 12.2. The van der Waals surface area contributed by atoms with Gasteiger partial charge in [0.1, 0.15) is 18.1 Å². The van der Waals surface area contributed by atoms with Crippen molar-refractivity contribution in [2.24, 2.45) is 7.05 Å². The highest BCUT2D eigenvalue weighted by molar-refractivity contribution is 5.93. The zero-order valence-electron chi connectivity index (χ0n) is 14.5. The van der Waals surface area contributed by atoms with Gasteiger partial charge in [-0.1, -0.05) is 18.2 Å². The Labute approximate surface area is 146 Å². The van der Waals surface area contributed by atoms with Gasteiger partial charge in [-0.15, -0.1) is 0 Å². The Morgan fingerprint density at radius 2 is 2.04 bits per heavy atom. The Balaban J connectivity index is 1.57. The Kier molecular flexibility index (Phi) is 4.83. The molecular weight excluding hydrogens is 318 g/mol. The van der Waals surface area contributed by atoms with E-state index in [0.717, 1.165) is 22.7 Å². The largest absolute Gasteiger partial charge is 0.492 e. The summed E-state index contributed by atoms with van der Waals surface area (Å²) in [5.74, 6) is 0.567. The highest BCUT2D eigenvalue weighted by atomic mass is 16.5. The van der Waals surface area contributed by atoms with Gasteiger partial charge in [0.25, 0.3) is 5.91 Å². The van der Waals surface area contributed by atoms with Crippen molar-refractivity contribution in [1.82, 2.24) is 25.3 Å². The molecule has 0 saturated carbocycles. The number of carbonyl (C=O) groups is 1. The molecule has 2 N–H and O–H groups in total. The molecule has 0 aliphatic rings. The molecule has 3 aromatic rings. The first-order chi connectivity index (χ1) is 12.1. The third kappa shape index (κ3) is 3.71. The number of H-pyrrole nitrogens is 1. The van der Waals surface area contributed by atoms with E-state index in [9.17, 15) is 4.79 Å². The predicted octanol–water partition coefficient (Wildman–Crippen LogP) is 2.24. The van der Waals surface area contributed by atoms with Crippen molar-refractivity contribution < 1.29 is 9.53 Å². The number of nitrogens with one attached hydrogen (secondary N) is 2. The molecule has 3 rings (SSSR count). The van der Waals surface area contributed by atoms with Crippen molar-refractivity contribution in [1.29, 1.82) is 0 Å². The van der Waals surface area contributed by atoms with Crippen LogP contribution in [0.25, 0.3) is 11.3 Å². The van der Waals surface area contributed by atoms with Gasteiger partial charge in [0, 0.05) is 18.3 Å². The molecule has 0 aliphatic heterocycles. The molecule has 1 aromatic carbocycles. The number of aromatic amines is 1. The van der Waals surface area contributed by atoms with Gasteiger partial charge in [0.05, 0.1) is 17.9 Å². The van der Waals surface area contributed by atoms with Gasteiger partial charge in [0.15, 0.2) is 0 Å². The van der Waals surface area contributed by atoms with Crippen molar-refractivity contribution in [2.45, 2.75) is 13.8 Å². The molecule has 0 bridgehead atoms. The van der Waals surface area contributed by atoms with E-state index in [1.54, 1.807) is 10.7 Å². The first-order valence-electron chi connectivity index (χ1n) is 8.08. The summed E-state index contributed by atoms with van der Waals surface area (Å²) in [4.78, 5) is 12.2. The van der Waals surface area contributed by atoms with Crippen LogP contribution in [0.5, 0.6) is 5.75 Å². The number of ether oxygens (including phenoxy) is 1. The highest BCUT2D eigenvalue weighted by Crippen LogP contribution is 2.25. The average molecular weight is 339 g/mol. The van der Waals surface area contributed by atoms with Gasteiger partial charge < -0.3 is 10.1 Å². The number of rotatable bonds is 6. The zero-order valence-corrected chi connectivity index (χ0v) is 14.5. The summed E-state index contributed by atoms with van der Waals surface area (Å²) < 4.78 is 7.36. The molecule has 0 fully saturated rings. The molecule has 0 unspecified atom stereocenters. The van der Waals surface area contributed by atoms with Crippen LogP contribution in [0.3, 0.4) is 0 Å². The minimum absolute atomic E-state index is 0.213. The normalized spacial score (nSPS) is 10.7. The van der Waals surface area contributed by atoms with Crippen LogP contribution in [0.2, 0.25) is 0 Å². The van der Waals surface area contributed by atoms with Gasteiger partial charge >= 0.3 is 0 Å². The van der Waals surface area contributed by atoms with Crippen LogP contribution in [0.1, 0.15) is 21.9 Å². The summed E-state index contributed by atoms with van der Waals surface area (Å²) >= 11 is 0. The summed E-state index contributed by atoms with van der Waals surface area (Å²) in [7, 11) is 1.89. The van der Waals surface area contributed by atoms with Crippen LogP contribution in [0, 0.1) is 13.8 Å². The topological polar surface area (TPSA) is 84.8 Å². The van der Waals surface area contributed by atoms with E-state index in [4.69, 9.17) is 4.74 Å². The maximum Gasteiger partial charge on any atom is 0.269 e. The van der Waals surface area contributed by atoms with Gasteiger partial charge in [-0.3, -0.25) is 14.6 Å². The molecule has 25 heavy (non-hydrogen) atoms. The second-order valence-electron chi connectivity index (χ2n) is 5.75. The van der Waals surface area contributed by atoms with E-state index in [1.807, 2.05) is 51.2 Å². The van der Waals surface area contributed by atoms with Crippen molar-refractivity contribution in [3.05, 3.63) is 53.5 Å². The van der Waals surface area contributed by atoms with Crippen LogP contribution in [0.4, 0.5) is 0 Å². The van der Waals surface area contributed by atoms with E-state index < -0.39 is 0 Å². The summed E-state index contributed by atoms with van der Waals surface area (Å²) in [5.41, 5.74) is 3.97. The van der Waals surface area contributed by atoms with Crippen LogP contribution in [-0.2, 0) is 7.05 Å². The molecule has 1 amide bonds. The molecular formula is C18H21N5O2. The highest BCUT2D eigenvalue weighted by Gasteiger charge is 2.16. The minimum atomic E-state index is -0.213. The Bertz CT molecular complexity index is 867. The second kappa shape index (κ2) is 7.21. The van der Waals surface area contributed by atoms with Crippen molar-refractivity contribution >= 4 is 5.91 Å². The Hall–Kier alpha value is -3.09. The average Bonchev–Trinajstić information content (AvgIpc) is 3.17. The van der Waals surface area contributed by atoms with E-state index >= 15 is 0 Å². The van der Waals surface area contributed by atoms with E-state index in [-0.39, 0.29) is 5.91 Å². The lowest BCUT2D eigenvalue weighted by Gasteiger charge is -2.06. The van der Waals surface area contributed by atoms with Crippen LogP contribution < -0.4 is 10.1 Å². The summed E-state index contributed by atoms with van der Waals surface area (Å²) in [6.45, 7) is 4.72. The molecule has 0 saturated heterocycles. The third-order valence-electron chi connectivity index (χ3n) is 3.99.